The van der Waals surface area contributed by atoms with Crippen LogP contribution in [0.15, 0.2) is 4.52 Å². The zero-order valence-electron chi connectivity index (χ0n) is 10.4. The van der Waals surface area contributed by atoms with Crippen molar-refractivity contribution >= 4 is 0 Å². The van der Waals surface area contributed by atoms with Crippen LogP contribution in [-0.4, -0.2) is 23.3 Å². The molecule has 5 nitrogen and oxygen atoms in total. The summed E-state index contributed by atoms with van der Waals surface area (Å²) in [7, 11) is 1.64. The molecule has 1 aromatic rings. The molecule has 0 saturated heterocycles. The van der Waals surface area contributed by atoms with Crippen molar-refractivity contribution in [2.75, 3.05) is 7.11 Å². The smallest absolute Gasteiger partial charge is 0.231 e. The van der Waals surface area contributed by atoms with E-state index in [2.05, 4.69) is 10.1 Å². The Bertz CT molecular complexity index is 310. The minimum absolute atomic E-state index is 0.0518. The molecule has 3 unspecified atom stereocenters. The Morgan fingerprint density at radius 2 is 2.06 bits per heavy atom. The molecule has 92 valence electrons. The third kappa shape index (κ3) is 2.80. The van der Waals surface area contributed by atoms with Crippen LogP contribution in [0.25, 0.3) is 0 Å². The fourth-order valence-corrected chi connectivity index (χ4v) is 1.55. The summed E-state index contributed by atoms with van der Waals surface area (Å²) < 4.78 is 10.5. The van der Waals surface area contributed by atoms with Crippen LogP contribution in [0.1, 0.15) is 57.3 Å². The molecule has 5 heteroatoms. The van der Waals surface area contributed by atoms with E-state index in [9.17, 15) is 0 Å². The molecule has 1 aromatic heterocycles. The molecule has 0 radical (unpaired) electrons. The Labute approximate surface area is 96.4 Å². The molecule has 0 aliphatic carbocycles. The van der Waals surface area contributed by atoms with Gasteiger partial charge in [-0.2, -0.15) is 4.98 Å². The second-order valence-corrected chi connectivity index (χ2v) is 3.98. The molecule has 0 amide bonds. The number of methoxy groups -OCH3 is 1. The van der Waals surface area contributed by atoms with E-state index in [4.69, 9.17) is 15.0 Å². The monoisotopic (exact) mass is 227 g/mol. The van der Waals surface area contributed by atoms with Crippen molar-refractivity contribution in [3.05, 3.63) is 11.7 Å². The highest BCUT2D eigenvalue weighted by Crippen LogP contribution is 2.22. The van der Waals surface area contributed by atoms with Crippen molar-refractivity contribution in [3.63, 3.8) is 0 Å². The van der Waals surface area contributed by atoms with Crippen LogP contribution in [0.5, 0.6) is 0 Å². The molecular formula is C11H21N3O2. The minimum Gasteiger partial charge on any atom is -0.373 e. The number of aromatic nitrogens is 2. The maximum absolute atomic E-state index is 5.94. The number of ether oxygens (including phenoxy) is 1. The fourth-order valence-electron chi connectivity index (χ4n) is 1.55. The van der Waals surface area contributed by atoms with E-state index in [1.165, 1.54) is 0 Å². The molecule has 16 heavy (non-hydrogen) atoms. The molecule has 0 spiro atoms. The Morgan fingerprint density at radius 1 is 1.38 bits per heavy atom. The summed E-state index contributed by atoms with van der Waals surface area (Å²) in [6.45, 7) is 6.06. The molecule has 3 atom stereocenters. The van der Waals surface area contributed by atoms with Crippen LogP contribution in [0.4, 0.5) is 0 Å². The van der Waals surface area contributed by atoms with Crippen molar-refractivity contribution in [3.8, 4) is 0 Å². The summed E-state index contributed by atoms with van der Waals surface area (Å²) in [6.07, 6.45) is 1.62. The van der Waals surface area contributed by atoms with Crippen molar-refractivity contribution in [1.29, 1.82) is 0 Å². The van der Waals surface area contributed by atoms with Gasteiger partial charge in [-0.3, -0.25) is 0 Å². The Morgan fingerprint density at radius 3 is 2.56 bits per heavy atom. The summed E-state index contributed by atoms with van der Waals surface area (Å²) in [6, 6.07) is 0.0518. The SMILES string of the molecule is CCC(OC)c1noc(C(C)C(N)CC)n1. The third-order valence-corrected chi connectivity index (χ3v) is 2.90. The van der Waals surface area contributed by atoms with Crippen LogP contribution in [0.3, 0.4) is 0 Å². The number of rotatable bonds is 6. The van der Waals surface area contributed by atoms with E-state index in [0.29, 0.717) is 11.7 Å². The van der Waals surface area contributed by atoms with Crippen molar-refractivity contribution in [2.24, 2.45) is 5.73 Å². The lowest BCUT2D eigenvalue weighted by Gasteiger charge is -2.13. The molecule has 0 aromatic carbocycles. The summed E-state index contributed by atoms with van der Waals surface area (Å²) in [4.78, 5) is 4.34. The third-order valence-electron chi connectivity index (χ3n) is 2.90. The molecule has 0 fully saturated rings. The predicted molar refractivity (Wildman–Crippen MR) is 61.0 cm³/mol. The molecule has 0 bridgehead atoms. The van der Waals surface area contributed by atoms with E-state index >= 15 is 0 Å². The second-order valence-electron chi connectivity index (χ2n) is 3.98. The quantitative estimate of drug-likeness (QED) is 0.804. The van der Waals surface area contributed by atoms with Gasteiger partial charge in [0, 0.05) is 13.2 Å². The molecule has 0 aliphatic rings. The maximum Gasteiger partial charge on any atom is 0.231 e. The molecule has 0 saturated carbocycles. The van der Waals surface area contributed by atoms with E-state index in [1.54, 1.807) is 7.11 Å². The van der Waals surface area contributed by atoms with Crippen molar-refractivity contribution in [2.45, 2.75) is 51.7 Å². The first-order chi connectivity index (χ1) is 7.63. The van der Waals surface area contributed by atoms with Crippen LogP contribution in [0.2, 0.25) is 0 Å². The number of hydrogen-bond acceptors (Lipinski definition) is 5. The van der Waals surface area contributed by atoms with Crippen LogP contribution >= 0.6 is 0 Å². The summed E-state index contributed by atoms with van der Waals surface area (Å²) in [5.74, 6) is 1.29. The summed E-state index contributed by atoms with van der Waals surface area (Å²) >= 11 is 0. The fraction of sp³-hybridized carbons (Fsp3) is 0.818. The van der Waals surface area contributed by atoms with Gasteiger partial charge in [0.05, 0.1) is 5.92 Å². The minimum atomic E-state index is -0.0949. The Hall–Kier alpha value is -0.940. The van der Waals surface area contributed by atoms with Gasteiger partial charge in [0.25, 0.3) is 0 Å². The zero-order chi connectivity index (χ0) is 12.1. The number of hydrogen-bond donors (Lipinski definition) is 1. The molecular weight excluding hydrogens is 206 g/mol. The van der Waals surface area contributed by atoms with Gasteiger partial charge < -0.3 is 15.0 Å². The molecule has 2 N–H and O–H groups in total. The summed E-state index contributed by atoms with van der Waals surface area (Å²) in [5, 5.41) is 3.93. The van der Waals surface area contributed by atoms with Crippen LogP contribution in [0, 0.1) is 0 Å². The number of nitrogens with two attached hydrogens (primary N) is 1. The van der Waals surface area contributed by atoms with E-state index in [1.807, 2.05) is 20.8 Å². The van der Waals surface area contributed by atoms with E-state index < -0.39 is 0 Å². The molecule has 1 heterocycles. The van der Waals surface area contributed by atoms with Crippen LogP contribution < -0.4 is 5.73 Å². The van der Waals surface area contributed by atoms with Gasteiger partial charge in [0.2, 0.25) is 11.7 Å². The topological polar surface area (TPSA) is 74.2 Å². The van der Waals surface area contributed by atoms with Gasteiger partial charge in [-0.25, -0.2) is 0 Å². The van der Waals surface area contributed by atoms with Crippen molar-refractivity contribution in [1.82, 2.24) is 10.1 Å². The van der Waals surface area contributed by atoms with Gasteiger partial charge in [-0.05, 0) is 12.8 Å². The lowest BCUT2D eigenvalue weighted by molar-refractivity contribution is 0.0903. The Balaban J connectivity index is 2.77. The average Bonchev–Trinajstić information content (AvgIpc) is 2.78. The zero-order valence-corrected chi connectivity index (χ0v) is 10.4. The highest BCUT2D eigenvalue weighted by Gasteiger charge is 2.22. The van der Waals surface area contributed by atoms with Crippen LogP contribution in [-0.2, 0) is 4.74 Å². The first-order valence-electron chi connectivity index (χ1n) is 5.75. The standard InChI is InChI=1S/C11H21N3O2/c1-5-8(12)7(3)11-13-10(14-16-11)9(6-2)15-4/h7-9H,5-6,12H2,1-4H3. The maximum atomic E-state index is 5.94. The van der Waals surface area contributed by atoms with Crippen molar-refractivity contribution < 1.29 is 9.26 Å². The average molecular weight is 227 g/mol. The Kier molecular flexibility index (Phi) is 4.89. The van der Waals surface area contributed by atoms with Gasteiger partial charge in [0.15, 0.2) is 0 Å². The highest BCUT2D eigenvalue weighted by atomic mass is 16.5. The highest BCUT2D eigenvalue weighted by molar-refractivity contribution is 4.98. The molecule has 0 aliphatic heterocycles. The molecule has 1 rings (SSSR count). The first kappa shape index (κ1) is 13.1. The largest absolute Gasteiger partial charge is 0.373 e. The van der Waals surface area contributed by atoms with E-state index in [0.717, 1.165) is 12.8 Å². The summed E-state index contributed by atoms with van der Waals surface area (Å²) in [5.41, 5.74) is 5.94. The lowest BCUT2D eigenvalue weighted by Crippen LogP contribution is -2.25. The normalized spacial score (nSPS) is 17.1. The lowest BCUT2D eigenvalue weighted by atomic mass is 10.0. The van der Waals surface area contributed by atoms with Gasteiger partial charge in [0.1, 0.15) is 6.10 Å². The number of nitrogens with zero attached hydrogens (tertiary/aromatic N) is 2. The predicted octanol–water partition coefficient (Wildman–Crippen LogP) is 2.01. The van der Waals surface area contributed by atoms with Gasteiger partial charge >= 0.3 is 0 Å². The van der Waals surface area contributed by atoms with Gasteiger partial charge in [-0.1, -0.05) is 25.9 Å². The van der Waals surface area contributed by atoms with Gasteiger partial charge in [-0.15, -0.1) is 0 Å². The van der Waals surface area contributed by atoms with E-state index in [-0.39, 0.29) is 18.1 Å². The first-order valence-corrected chi connectivity index (χ1v) is 5.75. The second kappa shape index (κ2) is 5.96.